The lowest BCUT2D eigenvalue weighted by molar-refractivity contribution is -0.543. The van der Waals surface area contributed by atoms with E-state index in [9.17, 15) is 30.4 Å². The van der Waals surface area contributed by atoms with Crippen LogP contribution in [0.2, 0.25) is 0 Å². The van der Waals surface area contributed by atoms with Gasteiger partial charge in [-0.05, 0) is 17.2 Å². The lowest BCUT2D eigenvalue weighted by Gasteiger charge is -2.23. The second-order valence-electron chi connectivity index (χ2n) is 4.28. The minimum Gasteiger partial charge on any atom is -0.357 e. The predicted molar refractivity (Wildman–Crippen MR) is 68.2 cm³/mol. The number of nitro groups is 2. The van der Waals surface area contributed by atoms with Crippen molar-refractivity contribution in [2.45, 2.75) is 11.8 Å². The summed E-state index contributed by atoms with van der Waals surface area (Å²) in [6.45, 7) is 0. The van der Waals surface area contributed by atoms with Crippen molar-refractivity contribution in [3.8, 4) is 0 Å². The van der Waals surface area contributed by atoms with Crippen LogP contribution >= 0.6 is 0 Å². The molecule has 2 rings (SSSR count). The summed E-state index contributed by atoms with van der Waals surface area (Å²) < 4.78 is 0. The molecule has 0 aliphatic heterocycles. The van der Waals surface area contributed by atoms with Crippen molar-refractivity contribution in [1.82, 2.24) is 0 Å². The SMILES string of the molecule is O=[N+]([O-])c1cccc(C2=CC([N+](=O)[O-])C(O)(O)C=C2)c1. The third-order valence-corrected chi connectivity index (χ3v) is 2.90. The van der Waals surface area contributed by atoms with Gasteiger partial charge >= 0.3 is 0 Å². The van der Waals surface area contributed by atoms with Gasteiger partial charge in [0.15, 0.2) is 0 Å². The summed E-state index contributed by atoms with van der Waals surface area (Å²) in [5.41, 5.74) is 0.547. The van der Waals surface area contributed by atoms with Gasteiger partial charge in [-0.2, -0.15) is 0 Å². The van der Waals surface area contributed by atoms with Crippen molar-refractivity contribution in [2.24, 2.45) is 0 Å². The average Bonchev–Trinajstić information content (AvgIpc) is 2.38. The van der Waals surface area contributed by atoms with E-state index in [1.54, 1.807) is 6.07 Å². The number of hydrogen-bond acceptors (Lipinski definition) is 6. The molecule has 0 aromatic heterocycles. The molecule has 0 saturated heterocycles. The fourth-order valence-corrected chi connectivity index (χ4v) is 1.87. The molecule has 0 bridgehead atoms. The highest BCUT2D eigenvalue weighted by Crippen LogP contribution is 2.28. The molecule has 20 heavy (non-hydrogen) atoms. The molecule has 0 radical (unpaired) electrons. The number of benzene rings is 1. The number of aliphatic hydroxyl groups is 2. The molecule has 104 valence electrons. The lowest BCUT2D eigenvalue weighted by Crippen LogP contribution is -2.45. The van der Waals surface area contributed by atoms with Crippen molar-refractivity contribution in [3.05, 3.63) is 68.3 Å². The molecule has 1 aromatic rings. The highest BCUT2D eigenvalue weighted by molar-refractivity contribution is 5.77. The Labute approximate surface area is 112 Å². The quantitative estimate of drug-likeness (QED) is 0.480. The summed E-state index contributed by atoms with van der Waals surface area (Å²) in [5, 5.41) is 40.5. The second kappa shape index (κ2) is 4.83. The van der Waals surface area contributed by atoms with Crippen molar-refractivity contribution in [2.75, 3.05) is 0 Å². The molecule has 1 aliphatic rings. The van der Waals surface area contributed by atoms with Crippen LogP contribution in [0.15, 0.2) is 42.5 Å². The molecule has 0 fully saturated rings. The monoisotopic (exact) mass is 278 g/mol. The van der Waals surface area contributed by atoms with Crippen LogP contribution in [0.4, 0.5) is 5.69 Å². The molecule has 1 unspecified atom stereocenters. The predicted octanol–water partition coefficient (Wildman–Crippen LogP) is 0.874. The van der Waals surface area contributed by atoms with Crippen LogP contribution in [0.5, 0.6) is 0 Å². The molecule has 2 N–H and O–H groups in total. The highest BCUT2D eigenvalue weighted by atomic mass is 16.6. The van der Waals surface area contributed by atoms with E-state index in [-0.39, 0.29) is 5.69 Å². The van der Waals surface area contributed by atoms with Crippen LogP contribution < -0.4 is 0 Å². The number of allylic oxidation sites excluding steroid dienone is 2. The first-order valence-corrected chi connectivity index (χ1v) is 5.55. The number of non-ortho nitro benzene ring substituents is 1. The number of nitro benzene ring substituents is 1. The first-order chi connectivity index (χ1) is 9.31. The van der Waals surface area contributed by atoms with E-state index >= 15 is 0 Å². The summed E-state index contributed by atoms with van der Waals surface area (Å²) in [6.07, 6.45) is 3.22. The third kappa shape index (κ3) is 2.56. The topological polar surface area (TPSA) is 127 Å². The van der Waals surface area contributed by atoms with Crippen LogP contribution in [0, 0.1) is 20.2 Å². The number of nitrogens with zero attached hydrogens (tertiary/aromatic N) is 2. The highest BCUT2D eigenvalue weighted by Gasteiger charge is 2.42. The minimum atomic E-state index is -2.58. The largest absolute Gasteiger partial charge is 0.357 e. The zero-order chi connectivity index (χ0) is 14.9. The molecule has 8 heteroatoms. The van der Waals surface area contributed by atoms with E-state index in [4.69, 9.17) is 0 Å². The van der Waals surface area contributed by atoms with Gasteiger partial charge in [0.1, 0.15) is 0 Å². The van der Waals surface area contributed by atoms with Gasteiger partial charge in [0.05, 0.1) is 4.92 Å². The lowest BCUT2D eigenvalue weighted by atomic mass is 9.93. The van der Waals surface area contributed by atoms with Crippen molar-refractivity contribution in [3.63, 3.8) is 0 Å². The minimum absolute atomic E-state index is 0.153. The number of rotatable bonds is 3. The second-order valence-corrected chi connectivity index (χ2v) is 4.28. The molecule has 8 nitrogen and oxygen atoms in total. The summed E-state index contributed by atoms with van der Waals surface area (Å²) in [5.74, 6) is -2.58. The van der Waals surface area contributed by atoms with Crippen LogP contribution in [0.25, 0.3) is 5.57 Å². The smallest absolute Gasteiger partial charge is 0.288 e. The molecule has 0 spiro atoms. The maximum atomic E-state index is 10.8. The normalized spacial score (nSPS) is 20.3. The molecular weight excluding hydrogens is 268 g/mol. The summed E-state index contributed by atoms with van der Waals surface area (Å²) in [7, 11) is 0. The zero-order valence-corrected chi connectivity index (χ0v) is 10.0. The molecule has 1 aliphatic carbocycles. The summed E-state index contributed by atoms with van der Waals surface area (Å²) in [6, 6.07) is 3.81. The molecule has 0 amide bonds. The van der Waals surface area contributed by atoms with Crippen molar-refractivity contribution >= 4 is 11.3 Å². The molecule has 1 aromatic carbocycles. The zero-order valence-electron chi connectivity index (χ0n) is 10.0. The third-order valence-electron chi connectivity index (χ3n) is 2.90. The Morgan fingerprint density at radius 3 is 2.50 bits per heavy atom. The van der Waals surface area contributed by atoms with Crippen LogP contribution in [-0.2, 0) is 0 Å². The molecular formula is C12H10N2O6. The van der Waals surface area contributed by atoms with Crippen LogP contribution in [0.3, 0.4) is 0 Å². The van der Waals surface area contributed by atoms with E-state index in [1.807, 2.05) is 0 Å². The van der Waals surface area contributed by atoms with Gasteiger partial charge in [-0.1, -0.05) is 18.2 Å². The standard InChI is InChI=1S/C12H10N2O6/c15-12(16)5-4-9(7-11(12)14(19)20)8-2-1-3-10(6-8)13(17)18/h1-7,11,15-16H. The van der Waals surface area contributed by atoms with E-state index < -0.39 is 21.7 Å². The first kappa shape index (κ1) is 13.8. The maximum absolute atomic E-state index is 10.8. The summed E-state index contributed by atoms with van der Waals surface area (Å²) >= 11 is 0. The Kier molecular flexibility index (Phi) is 3.35. The Hall–Kier alpha value is -2.58. The van der Waals surface area contributed by atoms with Gasteiger partial charge in [0.25, 0.3) is 17.5 Å². The Morgan fingerprint density at radius 1 is 1.20 bits per heavy atom. The van der Waals surface area contributed by atoms with E-state index in [0.29, 0.717) is 11.1 Å². The summed E-state index contributed by atoms with van der Waals surface area (Å²) in [4.78, 5) is 20.1. The first-order valence-electron chi connectivity index (χ1n) is 5.55. The Balaban J connectivity index is 2.43. The van der Waals surface area contributed by atoms with Gasteiger partial charge in [-0.3, -0.25) is 20.2 Å². The van der Waals surface area contributed by atoms with E-state index in [1.165, 1.54) is 24.3 Å². The molecule has 0 heterocycles. The Bertz CT molecular complexity index is 635. The van der Waals surface area contributed by atoms with Crippen LogP contribution in [-0.4, -0.2) is 31.9 Å². The van der Waals surface area contributed by atoms with Crippen molar-refractivity contribution < 1.29 is 20.1 Å². The van der Waals surface area contributed by atoms with Gasteiger partial charge in [0.2, 0.25) is 0 Å². The van der Waals surface area contributed by atoms with Gasteiger partial charge < -0.3 is 10.2 Å². The molecule has 1 atom stereocenters. The average molecular weight is 278 g/mol. The Morgan fingerprint density at radius 2 is 1.90 bits per heavy atom. The van der Waals surface area contributed by atoms with E-state index in [0.717, 1.165) is 12.2 Å². The maximum Gasteiger partial charge on any atom is 0.288 e. The van der Waals surface area contributed by atoms with Crippen molar-refractivity contribution in [1.29, 1.82) is 0 Å². The van der Waals surface area contributed by atoms with Gasteiger partial charge in [-0.15, -0.1) is 0 Å². The van der Waals surface area contributed by atoms with E-state index in [2.05, 4.69) is 0 Å². The fraction of sp³-hybridized carbons (Fsp3) is 0.167. The number of hydrogen-bond donors (Lipinski definition) is 2. The fourth-order valence-electron chi connectivity index (χ4n) is 1.87. The van der Waals surface area contributed by atoms with Gasteiger partial charge in [-0.25, -0.2) is 0 Å². The van der Waals surface area contributed by atoms with Gasteiger partial charge in [0, 0.05) is 23.1 Å². The van der Waals surface area contributed by atoms with Crippen LogP contribution in [0.1, 0.15) is 5.56 Å². The molecule has 0 saturated carbocycles.